The van der Waals surface area contributed by atoms with Crippen molar-refractivity contribution >= 4 is 37.1 Å². The Kier molecular flexibility index (Phi) is 3.74. The van der Waals surface area contributed by atoms with Crippen molar-refractivity contribution in [2.24, 2.45) is 0 Å². The maximum absolute atomic E-state index is 11.2. The smallest absolute Gasteiger partial charge is 0.152 e. The van der Waals surface area contributed by atoms with Gasteiger partial charge in [0.1, 0.15) is 6.10 Å². The summed E-state index contributed by atoms with van der Waals surface area (Å²) in [6.45, 7) is 1.51. The monoisotopic (exact) mass is 298 g/mol. The molecule has 0 fully saturated rings. The van der Waals surface area contributed by atoms with Crippen molar-refractivity contribution in [2.75, 3.05) is 6.26 Å². The second-order valence-electron chi connectivity index (χ2n) is 3.12. The number of aliphatic hydroxyl groups excluding tert-OH is 1. The van der Waals surface area contributed by atoms with Crippen LogP contribution in [0, 0.1) is 0 Å². The van der Waals surface area contributed by atoms with E-state index in [2.05, 4.69) is 15.9 Å². The van der Waals surface area contributed by atoms with Crippen molar-refractivity contribution in [2.45, 2.75) is 18.3 Å². The lowest BCUT2D eigenvalue weighted by Gasteiger charge is -2.15. The summed E-state index contributed by atoms with van der Waals surface area (Å²) in [6, 6.07) is 3.51. The molecule has 0 aliphatic heterocycles. The standard InChI is InChI=1S/C8H11BrO3S2/c1-5(14(2,11)12)8(10)6-3-4-7(9)13-6/h3-5,8,10H,1-2H3. The summed E-state index contributed by atoms with van der Waals surface area (Å²) < 4.78 is 23.3. The third kappa shape index (κ3) is 2.79. The molecule has 0 aliphatic rings. The van der Waals surface area contributed by atoms with Gasteiger partial charge in [-0.05, 0) is 35.0 Å². The van der Waals surface area contributed by atoms with Gasteiger partial charge in [0.25, 0.3) is 0 Å². The van der Waals surface area contributed by atoms with Crippen LogP contribution >= 0.6 is 27.3 Å². The molecule has 0 aromatic carbocycles. The first-order valence-electron chi connectivity index (χ1n) is 3.94. The lowest BCUT2D eigenvalue weighted by atomic mass is 10.2. The Morgan fingerprint density at radius 3 is 2.43 bits per heavy atom. The summed E-state index contributed by atoms with van der Waals surface area (Å²) in [5.41, 5.74) is 0. The lowest BCUT2D eigenvalue weighted by molar-refractivity contribution is 0.180. The normalized spacial score (nSPS) is 16.6. The molecule has 14 heavy (non-hydrogen) atoms. The van der Waals surface area contributed by atoms with Gasteiger partial charge in [-0.1, -0.05) is 0 Å². The molecule has 3 nitrogen and oxygen atoms in total. The number of rotatable bonds is 3. The minimum atomic E-state index is -3.20. The third-order valence-electron chi connectivity index (χ3n) is 2.01. The average molecular weight is 299 g/mol. The van der Waals surface area contributed by atoms with Gasteiger partial charge in [0.05, 0.1) is 9.04 Å². The number of thiophene rings is 1. The van der Waals surface area contributed by atoms with E-state index >= 15 is 0 Å². The molecule has 1 aromatic heterocycles. The Morgan fingerprint density at radius 1 is 1.50 bits per heavy atom. The fourth-order valence-electron chi connectivity index (χ4n) is 0.953. The zero-order valence-corrected chi connectivity index (χ0v) is 11.0. The van der Waals surface area contributed by atoms with Crippen LogP contribution in [0.1, 0.15) is 17.9 Å². The molecule has 0 spiro atoms. The Hall–Kier alpha value is 0.0900. The minimum absolute atomic E-state index is 0.662. The van der Waals surface area contributed by atoms with Crippen molar-refractivity contribution < 1.29 is 13.5 Å². The molecule has 1 rings (SSSR count). The van der Waals surface area contributed by atoms with Gasteiger partial charge < -0.3 is 5.11 Å². The number of hydrogen-bond acceptors (Lipinski definition) is 4. The molecule has 6 heteroatoms. The Morgan fingerprint density at radius 2 is 2.07 bits per heavy atom. The summed E-state index contributed by atoms with van der Waals surface area (Å²) in [5.74, 6) is 0. The van der Waals surface area contributed by atoms with Crippen molar-refractivity contribution in [1.29, 1.82) is 0 Å². The van der Waals surface area contributed by atoms with Crippen LogP contribution in [0.5, 0.6) is 0 Å². The van der Waals surface area contributed by atoms with E-state index in [-0.39, 0.29) is 0 Å². The number of halogens is 1. The predicted molar refractivity (Wildman–Crippen MR) is 61.3 cm³/mol. The molecule has 1 heterocycles. The first-order valence-corrected chi connectivity index (χ1v) is 7.51. The van der Waals surface area contributed by atoms with Crippen LogP contribution in [-0.4, -0.2) is 25.0 Å². The van der Waals surface area contributed by atoms with E-state index < -0.39 is 21.2 Å². The highest BCUT2D eigenvalue weighted by molar-refractivity contribution is 9.11. The van der Waals surface area contributed by atoms with Crippen LogP contribution in [0.15, 0.2) is 15.9 Å². The molecular weight excluding hydrogens is 288 g/mol. The molecule has 0 radical (unpaired) electrons. The van der Waals surface area contributed by atoms with Crippen LogP contribution in [0.3, 0.4) is 0 Å². The highest BCUT2D eigenvalue weighted by Gasteiger charge is 2.26. The van der Waals surface area contributed by atoms with Gasteiger partial charge in [0, 0.05) is 11.1 Å². The molecule has 1 N–H and O–H groups in total. The van der Waals surface area contributed by atoms with Gasteiger partial charge in [-0.25, -0.2) is 8.42 Å². The molecule has 0 saturated carbocycles. The van der Waals surface area contributed by atoms with Gasteiger partial charge in [-0.3, -0.25) is 0 Å². The van der Waals surface area contributed by atoms with Crippen LogP contribution in [0.4, 0.5) is 0 Å². The van der Waals surface area contributed by atoms with E-state index in [1.54, 1.807) is 12.1 Å². The van der Waals surface area contributed by atoms with Gasteiger partial charge >= 0.3 is 0 Å². The molecule has 0 amide bonds. The summed E-state index contributed by atoms with van der Waals surface area (Å²) in [4.78, 5) is 0.662. The van der Waals surface area contributed by atoms with E-state index in [4.69, 9.17) is 0 Å². The van der Waals surface area contributed by atoms with E-state index in [1.807, 2.05) is 0 Å². The topological polar surface area (TPSA) is 54.4 Å². The minimum Gasteiger partial charge on any atom is -0.386 e. The fourth-order valence-corrected chi connectivity index (χ4v) is 3.17. The van der Waals surface area contributed by atoms with E-state index in [0.29, 0.717) is 4.88 Å². The van der Waals surface area contributed by atoms with Gasteiger partial charge in [0.2, 0.25) is 0 Å². The van der Waals surface area contributed by atoms with Gasteiger partial charge in [0.15, 0.2) is 9.84 Å². The molecule has 0 bridgehead atoms. The molecule has 0 aliphatic carbocycles. The summed E-state index contributed by atoms with van der Waals surface area (Å²) in [7, 11) is -3.20. The highest BCUT2D eigenvalue weighted by atomic mass is 79.9. The van der Waals surface area contributed by atoms with Gasteiger partial charge in [-0.2, -0.15) is 0 Å². The van der Waals surface area contributed by atoms with Crippen molar-refractivity contribution in [3.8, 4) is 0 Å². The van der Waals surface area contributed by atoms with Crippen molar-refractivity contribution in [3.05, 3.63) is 20.8 Å². The lowest BCUT2D eigenvalue weighted by Crippen LogP contribution is -2.23. The number of hydrogen-bond donors (Lipinski definition) is 1. The molecular formula is C8H11BrO3S2. The van der Waals surface area contributed by atoms with Crippen LogP contribution in [0.2, 0.25) is 0 Å². The maximum atomic E-state index is 11.2. The first-order chi connectivity index (χ1) is 6.32. The SMILES string of the molecule is CC(C(O)c1ccc(Br)s1)S(C)(=O)=O. The Labute approximate surface area is 95.8 Å². The first kappa shape index (κ1) is 12.2. The number of aliphatic hydroxyl groups is 1. The van der Waals surface area contributed by atoms with Crippen LogP contribution in [-0.2, 0) is 9.84 Å². The molecule has 1 aromatic rings. The van der Waals surface area contributed by atoms with Crippen molar-refractivity contribution in [3.63, 3.8) is 0 Å². The predicted octanol–water partition coefficient (Wildman–Crippen LogP) is 1.98. The van der Waals surface area contributed by atoms with Crippen molar-refractivity contribution in [1.82, 2.24) is 0 Å². The second kappa shape index (κ2) is 4.30. The summed E-state index contributed by atoms with van der Waals surface area (Å²) >= 11 is 4.60. The summed E-state index contributed by atoms with van der Waals surface area (Å²) in [6.07, 6.45) is 0.185. The average Bonchev–Trinajstić information content (AvgIpc) is 2.47. The molecule has 2 atom stereocenters. The summed E-state index contributed by atoms with van der Waals surface area (Å²) in [5, 5.41) is 8.98. The fraction of sp³-hybridized carbons (Fsp3) is 0.500. The Bertz CT molecular complexity index is 410. The zero-order chi connectivity index (χ0) is 10.9. The second-order valence-corrected chi connectivity index (χ2v) is 8.02. The van der Waals surface area contributed by atoms with E-state index in [1.165, 1.54) is 18.3 Å². The third-order valence-corrected chi connectivity index (χ3v) is 5.31. The van der Waals surface area contributed by atoms with E-state index in [9.17, 15) is 13.5 Å². The zero-order valence-electron chi connectivity index (χ0n) is 7.77. The quantitative estimate of drug-likeness (QED) is 0.928. The highest BCUT2D eigenvalue weighted by Crippen LogP contribution is 2.30. The van der Waals surface area contributed by atoms with Crippen LogP contribution in [0.25, 0.3) is 0 Å². The largest absolute Gasteiger partial charge is 0.386 e. The molecule has 2 unspecified atom stereocenters. The molecule has 80 valence electrons. The maximum Gasteiger partial charge on any atom is 0.152 e. The molecule has 0 saturated heterocycles. The van der Waals surface area contributed by atoms with Crippen LogP contribution < -0.4 is 0 Å². The Balaban J connectivity index is 2.91. The number of sulfone groups is 1. The van der Waals surface area contributed by atoms with E-state index in [0.717, 1.165) is 10.0 Å². The van der Waals surface area contributed by atoms with Gasteiger partial charge in [-0.15, -0.1) is 11.3 Å².